The lowest BCUT2D eigenvalue weighted by molar-refractivity contribution is 0.0951. The van der Waals surface area contributed by atoms with E-state index < -0.39 is 0 Å². The van der Waals surface area contributed by atoms with Crippen LogP contribution in [0.15, 0.2) is 30.3 Å². The van der Waals surface area contributed by atoms with E-state index in [0.29, 0.717) is 18.7 Å². The summed E-state index contributed by atoms with van der Waals surface area (Å²) < 4.78 is 1.97. The average molecular weight is 342 g/mol. The van der Waals surface area contributed by atoms with Gasteiger partial charge in [0, 0.05) is 17.8 Å². The third kappa shape index (κ3) is 5.71. The zero-order valence-corrected chi connectivity index (χ0v) is 15.9. The molecule has 1 aromatic carbocycles. The summed E-state index contributed by atoms with van der Waals surface area (Å²) in [5.41, 5.74) is 3.94. The molecule has 0 aliphatic rings. The fraction of sp³-hybridized carbons (Fsp3) is 0.500. The fourth-order valence-corrected chi connectivity index (χ4v) is 2.97. The molecule has 0 radical (unpaired) electrons. The van der Waals surface area contributed by atoms with Gasteiger partial charge in [-0.1, -0.05) is 26.0 Å². The molecule has 25 heavy (non-hydrogen) atoms. The van der Waals surface area contributed by atoms with Crippen LogP contribution >= 0.6 is 0 Å². The fourth-order valence-electron chi connectivity index (χ4n) is 2.97. The molecule has 0 fully saturated rings. The number of aryl methyl sites for hydroxylation is 2. The van der Waals surface area contributed by atoms with Crippen LogP contribution in [0.25, 0.3) is 0 Å². The third-order valence-electron chi connectivity index (χ3n) is 4.46. The van der Waals surface area contributed by atoms with Crippen LogP contribution < -0.4 is 5.32 Å². The molecule has 2 rings (SSSR count). The van der Waals surface area contributed by atoms with E-state index >= 15 is 0 Å². The van der Waals surface area contributed by atoms with Gasteiger partial charge in [-0.25, -0.2) is 0 Å². The Balaban J connectivity index is 1.89. The highest BCUT2D eigenvalue weighted by molar-refractivity contribution is 5.94. The minimum Gasteiger partial charge on any atom is -0.352 e. The maximum absolute atomic E-state index is 12.4. The Labute approximate surface area is 151 Å². The summed E-state index contributed by atoms with van der Waals surface area (Å²) in [5.74, 6) is -0.00485. The number of hydrogen-bond donors (Lipinski definition) is 1. The summed E-state index contributed by atoms with van der Waals surface area (Å²) in [4.78, 5) is 14.7. The molecule has 5 heteroatoms. The van der Waals surface area contributed by atoms with Gasteiger partial charge in [0.15, 0.2) is 0 Å². The number of carbonyl (C=O) groups excluding carboxylic acids is 1. The second-order valence-corrected chi connectivity index (χ2v) is 6.42. The predicted octanol–water partition coefficient (Wildman–Crippen LogP) is 3.01. The molecule has 1 amide bonds. The molecule has 0 aliphatic carbocycles. The number of benzene rings is 1. The highest BCUT2D eigenvalue weighted by atomic mass is 16.1. The normalized spacial score (nSPS) is 11.1. The van der Waals surface area contributed by atoms with Crippen LogP contribution in [0.3, 0.4) is 0 Å². The Morgan fingerprint density at radius 2 is 1.96 bits per heavy atom. The van der Waals surface area contributed by atoms with Crippen molar-refractivity contribution in [2.75, 3.05) is 26.2 Å². The van der Waals surface area contributed by atoms with E-state index in [0.717, 1.165) is 43.0 Å². The summed E-state index contributed by atoms with van der Waals surface area (Å²) in [5, 5.41) is 7.51. The Kier molecular flexibility index (Phi) is 7.19. The van der Waals surface area contributed by atoms with Crippen molar-refractivity contribution >= 4 is 5.91 Å². The first-order valence-corrected chi connectivity index (χ1v) is 9.14. The van der Waals surface area contributed by atoms with Gasteiger partial charge in [-0.15, -0.1) is 0 Å². The molecule has 0 unspecified atom stereocenters. The molecule has 0 aliphatic heterocycles. The van der Waals surface area contributed by atoms with Crippen LogP contribution in [0.2, 0.25) is 0 Å². The second-order valence-electron chi connectivity index (χ2n) is 6.42. The molecule has 5 nitrogen and oxygen atoms in total. The van der Waals surface area contributed by atoms with Crippen LogP contribution in [0.4, 0.5) is 0 Å². The first kappa shape index (κ1) is 19.2. The van der Waals surface area contributed by atoms with Crippen LogP contribution in [-0.4, -0.2) is 46.8 Å². The van der Waals surface area contributed by atoms with Crippen molar-refractivity contribution in [3.05, 3.63) is 52.8 Å². The quantitative estimate of drug-likeness (QED) is 0.713. The second kappa shape index (κ2) is 9.37. The lowest BCUT2D eigenvalue weighted by Crippen LogP contribution is -2.29. The molecular weight excluding hydrogens is 312 g/mol. The topological polar surface area (TPSA) is 50.2 Å². The lowest BCUT2D eigenvalue weighted by Gasteiger charge is -2.17. The SMILES string of the molecule is CCN(CC)CCCNC(=O)c1cccc(Cn2nc(C)cc2C)c1. The average Bonchev–Trinajstić information content (AvgIpc) is 2.92. The summed E-state index contributed by atoms with van der Waals surface area (Å²) in [6.07, 6.45) is 0.971. The molecule has 0 spiro atoms. The largest absolute Gasteiger partial charge is 0.352 e. The van der Waals surface area contributed by atoms with Crippen molar-refractivity contribution in [3.63, 3.8) is 0 Å². The number of aromatic nitrogens is 2. The molecule has 136 valence electrons. The predicted molar refractivity (Wildman–Crippen MR) is 102 cm³/mol. The van der Waals surface area contributed by atoms with Gasteiger partial charge >= 0.3 is 0 Å². The standard InChI is InChI=1S/C20H30N4O/c1-5-23(6-2)12-8-11-21-20(25)19-10-7-9-18(14-19)15-24-17(4)13-16(3)22-24/h7,9-10,13-14H,5-6,8,11-12,15H2,1-4H3,(H,21,25). The molecule has 1 aromatic heterocycles. The van der Waals surface area contributed by atoms with Gasteiger partial charge < -0.3 is 10.2 Å². The molecule has 0 saturated heterocycles. The van der Waals surface area contributed by atoms with Crippen molar-refractivity contribution in [1.29, 1.82) is 0 Å². The molecule has 0 bridgehead atoms. The Morgan fingerprint density at radius 1 is 1.20 bits per heavy atom. The number of hydrogen-bond acceptors (Lipinski definition) is 3. The monoisotopic (exact) mass is 342 g/mol. The van der Waals surface area contributed by atoms with Gasteiger partial charge in [0.1, 0.15) is 0 Å². The van der Waals surface area contributed by atoms with Gasteiger partial charge in [0.05, 0.1) is 12.2 Å². The van der Waals surface area contributed by atoms with Crippen LogP contribution in [0.5, 0.6) is 0 Å². The van der Waals surface area contributed by atoms with E-state index in [2.05, 4.69) is 35.2 Å². The van der Waals surface area contributed by atoms with Crippen molar-refractivity contribution in [3.8, 4) is 0 Å². The highest BCUT2D eigenvalue weighted by Gasteiger charge is 2.08. The molecule has 1 N–H and O–H groups in total. The zero-order valence-electron chi connectivity index (χ0n) is 15.9. The number of carbonyl (C=O) groups is 1. The first-order valence-electron chi connectivity index (χ1n) is 9.14. The van der Waals surface area contributed by atoms with Crippen molar-refractivity contribution in [2.45, 2.75) is 40.7 Å². The summed E-state index contributed by atoms with van der Waals surface area (Å²) in [6, 6.07) is 9.85. The van der Waals surface area contributed by atoms with E-state index in [9.17, 15) is 4.79 Å². The summed E-state index contributed by atoms with van der Waals surface area (Å²) >= 11 is 0. The number of nitrogens with one attached hydrogen (secondary N) is 1. The van der Waals surface area contributed by atoms with Crippen LogP contribution in [0, 0.1) is 13.8 Å². The van der Waals surface area contributed by atoms with Crippen molar-refractivity contribution in [2.24, 2.45) is 0 Å². The maximum atomic E-state index is 12.4. The number of amides is 1. The van der Waals surface area contributed by atoms with Crippen LogP contribution in [0.1, 0.15) is 47.6 Å². The van der Waals surface area contributed by atoms with E-state index in [1.807, 2.05) is 42.8 Å². The van der Waals surface area contributed by atoms with Gasteiger partial charge in [-0.2, -0.15) is 5.10 Å². The molecule has 2 aromatic rings. The van der Waals surface area contributed by atoms with Crippen LogP contribution in [-0.2, 0) is 6.54 Å². The van der Waals surface area contributed by atoms with E-state index in [4.69, 9.17) is 0 Å². The lowest BCUT2D eigenvalue weighted by atomic mass is 10.1. The smallest absolute Gasteiger partial charge is 0.251 e. The van der Waals surface area contributed by atoms with Gasteiger partial charge in [-0.3, -0.25) is 9.48 Å². The molecule has 1 heterocycles. The number of nitrogens with zero attached hydrogens (tertiary/aromatic N) is 3. The van der Waals surface area contributed by atoms with Crippen molar-refractivity contribution < 1.29 is 4.79 Å². The van der Waals surface area contributed by atoms with E-state index in [1.54, 1.807) is 0 Å². The minimum atomic E-state index is -0.00485. The summed E-state index contributed by atoms with van der Waals surface area (Å²) in [6.45, 7) is 12.9. The van der Waals surface area contributed by atoms with Gasteiger partial charge in [0.25, 0.3) is 5.91 Å². The highest BCUT2D eigenvalue weighted by Crippen LogP contribution is 2.10. The maximum Gasteiger partial charge on any atom is 0.251 e. The Hall–Kier alpha value is -2.14. The zero-order chi connectivity index (χ0) is 18.2. The third-order valence-corrected chi connectivity index (χ3v) is 4.46. The van der Waals surface area contributed by atoms with E-state index in [-0.39, 0.29) is 5.91 Å². The molecule has 0 saturated carbocycles. The van der Waals surface area contributed by atoms with Crippen molar-refractivity contribution in [1.82, 2.24) is 20.0 Å². The first-order chi connectivity index (χ1) is 12.0. The van der Waals surface area contributed by atoms with E-state index in [1.165, 1.54) is 0 Å². The minimum absolute atomic E-state index is 0.00485. The number of rotatable bonds is 9. The van der Waals surface area contributed by atoms with Gasteiger partial charge in [-0.05, 0) is 63.7 Å². The molecular formula is C20H30N4O. The Morgan fingerprint density at radius 3 is 2.60 bits per heavy atom. The van der Waals surface area contributed by atoms with Gasteiger partial charge in [0.2, 0.25) is 0 Å². The summed E-state index contributed by atoms with van der Waals surface area (Å²) in [7, 11) is 0. The molecule has 0 atom stereocenters. The Bertz CT molecular complexity index is 689.